The van der Waals surface area contributed by atoms with Crippen molar-refractivity contribution in [2.24, 2.45) is 11.3 Å². The van der Waals surface area contributed by atoms with Crippen LogP contribution in [0.4, 0.5) is 0 Å². The first kappa shape index (κ1) is 13.1. The average molecular weight is 253 g/mol. The predicted octanol–water partition coefficient (Wildman–Crippen LogP) is 0.902. The number of carbonyl (C=O) groups excluding carboxylic acids is 1. The van der Waals surface area contributed by atoms with Gasteiger partial charge in [0.2, 0.25) is 5.91 Å². The maximum atomic E-state index is 12.2. The molecule has 0 aromatic heterocycles. The van der Waals surface area contributed by atoms with Gasteiger partial charge in [0.15, 0.2) is 0 Å². The molecule has 100 valence electrons. The molecular formula is C13H19NO4. The molecule has 2 rings (SSSR count). The van der Waals surface area contributed by atoms with Crippen LogP contribution in [-0.2, 0) is 14.3 Å². The predicted molar refractivity (Wildman–Crippen MR) is 65.0 cm³/mol. The highest BCUT2D eigenvalue weighted by Crippen LogP contribution is 2.33. The Kier molecular flexibility index (Phi) is 3.71. The minimum absolute atomic E-state index is 0.0112. The minimum Gasteiger partial charge on any atom is -0.481 e. The molecule has 18 heavy (non-hydrogen) atoms. The normalized spacial score (nSPS) is 27.9. The van der Waals surface area contributed by atoms with E-state index in [4.69, 9.17) is 4.74 Å². The van der Waals surface area contributed by atoms with Crippen molar-refractivity contribution in [3.05, 3.63) is 12.2 Å². The van der Waals surface area contributed by atoms with Crippen molar-refractivity contribution in [2.45, 2.75) is 19.3 Å². The van der Waals surface area contributed by atoms with Crippen LogP contribution >= 0.6 is 0 Å². The Morgan fingerprint density at radius 3 is 2.67 bits per heavy atom. The van der Waals surface area contributed by atoms with E-state index in [0.717, 1.165) is 12.8 Å². The Hall–Kier alpha value is -1.36. The van der Waals surface area contributed by atoms with Crippen molar-refractivity contribution in [2.75, 3.05) is 26.8 Å². The lowest BCUT2D eigenvalue weighted by Crippen LogP contribution is -2.41. The van der Waals surface area contributed by atoms with Crippen LogP contribution in [-0.4, -0.2) is 48.7 Å². The fourth-order valence-corrected chi connectivity index (χ4v) is 2.77. The molecule has 0 aromatic rings. The van der Waals surface area contributed by atoms with Gasteiger partial charge in [0.25, 0.3) is 0 Å². The third-order valence-electron chi connectivity index (χ3n) is 3.90. The highest BCUT2D eigenvalue weighted by atomic mass is 16.5. The number of likely N-dealkylation sites (tertiary alicyclic amines) is 1. The summed E-state index contributed by atoms with van der Waals surface area (Å²) in [7, 11) is 1.50. The van der Waals surface area contributed by atoms with Crippen molar-refractivity contribution in [3.63, 3.8) is 0 Å². The van der Waals surface area contributed by atoms with E-state index in [9.17, 15) is 14.7 Å². The van der Waals surface area contributed by atoms with Gasteiger partial charge in [-0.3, -0.25) is 9.59 Å². The molecular weight excluding hydrogens is 234 g/mol. The van der Waals surface area contributed by atoms with E-state index >= 15 is 0 Å². The lowest BCUT2D eigenvalue weighted by molar-refractivity contribution is -0.151. The maximum absolute atomic E-state index is 12.2. The number of aliphatic carboxylic acids is 1. The van der Waals surface area contributed by atoms with Crippen LogP contribution in [0.5, 0.6) is 0 Å². The van der Waals surface area contributed by atoms with Crippen molar-refractivity contribution in [3.8, 4) is 0 Å². The van der Waals surface area contributed by atoms with E-state index < -0.39 is 11.4 Å². The highest BCUT2D eigenvalue weighted by molar-refractivity contribution is 5.82. The van der Waals surface area contributed by atoms with Crippen molar-refractivity contribution < 1.29 is 19.4 Å². The number of rotatable bonds is 4. The highest BCUT2D eigenvalue weighted by Gasteiger charge is 2.47. The minimum atomic E-state index is -0.920. The van der Waals surface area contributed by atoms with Crippen molar-refractivity contribution in [1.29, 1.82) is 0 Å². The number of hydrogen-bond acceptors (Lipinski definition) is 3. The molecule has 5 heteroatoms. The second kappa shape index (κ2) is 5.10. The largest absolute Gasteiger partial charge is 0.481 e. The van der Waals surface area contributed by atoms with Gasteiger partial charge in [-0.2, -0.15) is 0 Å². The summed E-state index contributed by atoms with van der Waals surface area (Å²) in [6.07, 6.45) is 6.05. The lowest BCUT2D eigenvalue weighted by atomic mass is 9.88. The van der Waals surface area contributed by atoms with Crippen molar-refractivity contribution in [1.82, 2.24) is 4.90 Å². The van der Waals surface area contributed by atoms with Crippen LogP contribution in [0.2, 0.25) is 0 Å². The second-order valence-electron chi connectivity index (χ2n) is 5.17. The number of hydrogen-bond donors (Lipinski definition) is 1. The van der Waals surface area contributed by atoms with Gasteiger partial charge >= 0.3 is 5.97 Å². The number of carbonyl (C=O) groups is 2. The molecule has 1 unspecified atom stereocenters. The molecule has 0 aromatic carbocycles. The van der Waals surface area contributed by atoms with E-state index in [1.54, 1.807) is 4.90 Å². The zero-order valence-electron chi connectivity index (χ0n) is 10.6. The Bertz CT molecular complexity index is 371. The summed E-state index contributed by atoms with van der Waals surface area (Å²) < 4.78 is 5.01. The molecule has 0 bridgehead atoms. The summed E-state index contributed by atoms with van der Waals surface area (Å²) in [6.45, 7) is 0.950. The first-order valence-corrected chi connectivity index (χ1v) is 6.25. The van der Waals surface area contributed by atoms with Gasteiger partial charge in [0.05, 0.1) is 6.61 Å². The molecule has 2 aliphatic rings. The van der Waals surface area contributed by atoms with Crippen LogP contribution in [0, 0.1) is 11.3 Å². The molecule has 1 amide bonds. The van der Waals surface area contributed by atoms with E-state index in [1.165, 1.54) is 7.11 Å². The molecule has 1 atom stereocenters. The summed E-state index contributed by atoms with van der Waals surface area (Å²) in [4.78, 5) is 25.3. The Balaban J connectivity index is 2.01. The van der Waals surface area contributed by atoms with Gasteiger partial charge < -0.3 is 14.7 Å². The SMILES string of the molecule is COCC1(C(=O)O)CCN(C(=O)C2CC=CC2)C1. The second-order valence-corrected chi connectivity index (χ2v) is 5.17. The number of carboxylic acid groups (broad SMARTS) is 1. The Morgan fingerprint density at radius 2 is 2.11 bits per heavy atom. The smallest absolute Gasteiger partial charge is 0.313 e. The van der Waals surface area contributed by atoms with Crippen LogP contribution in [0.25, 0.3) is 0 Å². The summed E-state index contributed by atoms with van der Waals surface area (Å²) >= 11 is 0. The van der Waals surface area contributed by atoms with Gasteiger partial charge in [-0.05, 0) is 19.3 Å². The molecule has 1 fully saturated rings. The fraction of sp³-hybridized carbons (Fsp3) is 0.692. The van der Waals surface area contributed by atoms with Gasteiger partial charge in [-0.15, -0.1) is 0 Å². The summed E-state index contributed by atoms with van der Waals surface area (Å²) in [6, 6.07) is 0. The first-order valence-electron chi connectivity index (χ1n) is 6.25. The van der Waals surface area contributed by atoms with E-state index in [2.05, 4.69) is 0 Å². The Labute approximate surface area is 106 Å². The van der Waals surface area contributed by atoms with Crippen molar-refractivity contribution >= 4 is 11.9 Å². The van der Waals surface area contributed by atoms with Gasteiger partial charge in [-0.25, -0.2) is 0 Å². The average Bonchev–Trinajstić information content (AvgIpc) is 2.98. The molecule has 5 nitrogen and oxygen atoms in total. The van der Waals surface area contributed by atoms with E-state index in [-0.39, 0.29) is 25.0 Å². The van der Waals surface area contributed by atoms with E-state index in [1.807, 2.05) is 12.2 Å². The number of methoxy groups -OCH3 is 1. The van der Waals surface area contributed by atoms with Gasteiger partial charge in [0.1, 0.15) is 5.41 Å². The molecule has 1 aliphatic heterocycles. The number of ether oxygens (including phenoxy) is 1. The monoisotopic (exact) mass is 253 g/mol. The van der Waals surface area contributed by atoms with Crippen LogP contribution in [0.3, 0.4) is 0 Å². The molecule has 1 aliphatic carbocycles. The third kappa shape index (κ3) is 2.27. The zero-order chi connectivity index (χ0) is 13.2. The lowest BCUT2D eigenvalue weighted by Gasteiger charge is -2.25. The third-order valence-corrected chi connectivity index (χ3v) is 3.90. The molecule has 0 spiro atoms. The molecule has 0 saturated carbocycles. The molecule has 1 saturated heterocycles. The topological polar surface area (TPSA) is 66.8 Å². The Morgan fingerprint density at radius 1 is 1.44 bits per heavy atom. The van der Waals surface area contributed by atoms with Crippen LogP contribution in [0.1, 0.15) is 19.3 Å². The van der Waals surface area contributed by atoms with Crippen LogP contribution in [0.15, 0.2) is 12.2 Å². The summed E-state index contributed by atoms with van der Waals surface area (Å²) in [5, 5.41) is 9.33. The maximum Gasteiger partial charge on any atom is 0.313 e. The summed E-state index contributed by atoms with van der Waals surface area (Å²) in [5.41, 5.74) is -0.920. The van der Waals surface area contributed by atoms with Gasteiger partial charge in [0, 0.05) is 26.1 Å². The molecule has 1 heterocycles. The fourth-order valence-electron chi connectivity index (χ4n) is 2.77. The summed E-state index contributed by atoms with van der Waals surface area (Å²) in [5.74, 6) is -0.777. The van der Waals surface area contributed by atoms with Crippen LogP contribution < -0.4 is 0 Å². The molecule has 1 N–H and O–H groups in total. The zero-order valence-corrected chi connectivity index (χ0v) is 10.6. The molecule has 0 radical (unpaired) electrons. The number of nitrogens with zero attached hydrogens (tertiary/aromatic N) is 1. The first-order chi connectivity index (χ1) is 8.59. The number of amides is 1. The standard InChI is InChI=1S/C13H19NO4/c1-18-9-13(12(16)17)6-7-14(8-13)11(15)10-4-2-3-5-10/h2-3,10H,4-9H2,1H3,(H,16,17). The van der Waals surface area contributed by atoms with Gasteiger partial charge in [-0.1, -0.05) is 12.2 Å². The number of carboxylic acids is 1. The number of allylic oxidation sites excluding steroid dienone is 2. The van der Waals surface area contributed by atoms with E-state index in [0.29, 0.717) is 13.0 Å². The quantitative estimate of drug-likeness (QED) is 0.756.